The number of halogens is 2. The summed E-state index contributed by atoms with van der Waals surface area (Å²) in [5.41, 5.74) is 1.05. The summed E-state index contributed by atoms with van der Waals surface area (Å²) in [6.07, 6.45) is 2.35. The van der Waals surface area contributed by atoms with Crippen molar-refractivity contribution in [1.29, 1.82) is 0 Å². The molecule has 0 saturated carbocycles. The van der Waals surface area contributed by atoms with Crippen LogP contribution in [-0.4, -0.2) is 25.3 Å². The van der Waals surface area contributed by atoms with E-state index in [1.54, 1.807) is 24.3 Å². The molecule has 0 spiro atoms. The van der Waals surface area contributed by atoms with Gasteiger partial charge in [0.2, 0.25) is 6.79 Å². The predicted octanol–water partition coefficient (Wildman–Crippen LogP) is 3.19. The van der Waals surface area contributed by atoms with Crippen LogP contribution < -0.4 is 14.8 Å². The summed E-state index contributed by atoms with van der Waals surface area (Å²) >= 11 is 3.22. The summed E-state index contributed by atoms with van der Waals surface area (Å²) < 4.78 is 29.6. The van der Waals surface area contributed by atoms with Gasteiger partial charge >= 0.3 is 5.97 Å². The number of amides is 1. The van der Waals surface area contributed by atoms with Crippen LogP contribution in [-0.2, 0) is 20.9 Å². The van der Waals surface area contributed by atoms with Crippen molar-refractivity contribution in [2.24, 2.45) is 0 Å². The lowest BCUT2D eigenvalue weighted by Crippen LogP contribution is -2.28. The molecule has 0 aromatic heterocycles. The smallest absolute Gasteiger partial charge is 0.331 e. The molecule has 1 amide bonds. The van der Waals surface area contributed by atoms with E-state index in [4.69, 9.17) is 14.2 Å². The van der Waals surface area contributed by atoms with E-state index in [2.05, 4.69) is 21.2 Å². The number of carbonyl (C=O) groups excluding carboxylic acids is 2. The molecule has 2 aromatic carbocycles. The molecule has 0 unspecified atom stereocenters. The highest BCUT2D eigenvalue weighted by atomic mass is 79.9. The third-order valence-corrected chi connectivity index (χ3v) is 4.12. The van der Waals surface area contributed by atoms with Gasteiger partial charge in [-0.15, -0.1) is 0 Å². The molecule has 1 heterocycles. The molecule has 8 heteroatoms. The lowest BCUT2D eigenvalue weighted by atomic mass is 10.2. The van der Waals surface area contributed by atoms with Gasteiger partial charge in [0, 0.05) is 22.7 Å². The minimum Gasteiger partial charge on any atom is -0.454 e. The second-order valence-electron chi connectivity index (χ2n) is 5.57. The first-order valence-corrected chi connectivity index (χ1v) is 8.76. The number of hydrogen-bond donors (Lipinski definition) is 1. The van der Waals surface area contributed by atoms with Crippen LogP contribution in [0.2, 0.25) is 0 Å². The van der Waals surface area contributed by atoms with Crippen LogP contribution in [0.1, 0.15) is 11.1 Å². The molecule has 1 aliphatic rings. The van der Waals surface area contributed by atoms with Crippen LogP contribution in [0.3, 0.4) is 0 Å². The molecule has 140 valence electrons. The standard InChI is InChI=1S/C19H15BrFNO5/c20-14-3-4-15(21)13(8-14)2-6-19(24)25-10-18(23)22-9-12-1-5-16-17(7-12)27-11-26-16/h1-8H,9-11H2,(H,22,23)/b6-2+. The summed E-state index contributed by atoms with van der Waals surface area (Å²) in [5, 5.41) is 2.63. The number of rotatable bonds is 6. The van der Waals surface area contributed by atoms with E-state index in [1.165, 1.54) is 18.2 Å². The largest absolute Gasteiger partial charge is 0.454 e. The van der Waals surface area contributed by atoms with Crippen molar-refractivity contribution in [1.82, 2.24) is 5.32 Å². The second kappa shape index (κ2) is 8.68. The van der Waals surface area contributed by atoms with E-state index in [-0.39, 0.29) is 18.9 Å². The van der Waals surface area contributed by atoms with Gasteiger partial charge in [-0.25, -0.2) is 9.18 Å². The van der Waals surface area contributed by atoms with Gasteiger partial charge in [0.25, 0.3) is 5.91 Å². The molecular weight excluding hydrogens is 421 g/mol. The Hall–Kier alpha value is -2.87. The molecule has 0 saturated heterocycles. The molecule has 0 aliphatic carbocycles. The molecule has 1 aliphatic heterocycles. The Morgan fingerprint density at radius 3 is 2.85 bits per heavy atom. The minimum atomic E-state index is -0.743. The number of nitrogens with one attached hydrogen (secondary N) is 1. The summed E-state index contributed by atoms with van der Waals surface area (Å²) in [4.78, 5) is 23.5. The van der Waals surface area contributed by atoms with Crippen molar-refractivity contribution in [3.63, 3.8) is 0 Å². The van der Waals surface area contributed by atoms with E-state index < -0.39 is 24.3 Å². The number of benzene rings is 2. The van der Waals surface area contributed by atoms with Gasteiger partial charge in [-0.2, -0.15) is 0 Å². The summed E-state index contributed by atoms with van der Waals surface area (Å²) in [6, 6.07) is 9.68. The number of fused-ring (bicyclic) bond motifs is 1. The lowest BCUT2D eigenvalue weighted by Gasteiger charge is -2.06. The summed E-state index contributed by atoms with van der Waals surface area (Å²) in [6.45, 7) is -0.000737. The highest BCUT2D eigenvalue weighted by Crippen LogP contribution is 2.32. The van der Waals surface area contributed by atoms with E-state index >= 15 is 0 Å². The molecule has 0 fully saturated rings. The van der Waals surface area contributed by atoms with Gasteiger partial charge in [0.1, 0.15) is 5.82 Å². The normalized spacial score (nSPS) is 12.2. The first kappa shape index (κ1) is 18.9. The maximum atomic E-state index is 13.6. The van der Waals surface area contributed by atoms with Crippen LogP contribution >= 0.6 is 15.9 Å². The third-order valence-electron chi connectivity index (χ3n) is 3.63. The fraction of sp³-hybridized carbons (Fsp3) is 0.158. The predicted molar refractivity (Wildman–Crippen MR) is 98.5 cm³/mol. The van der Waals surface area contributed by atoms with Gasteiger partial charge in [0.15, 0.2) is 18.1 Å². The van der Waals surface area contributed by atoms with Crippen molar-refractivity contribution in [3.8, 4) is 11.5 Å². The van der Waals surface area contributed by atoms with Crippen molar-refractivity contribution in [2.75, 3.05) is 13.4 Å². The first-order chi connectivity index (χ1) is 13.0. The zero-order valence-electron chi connectivity index (χ0n) is 14.0. The summed E-state index contributed by atoms with van der Waals surface area (Å²) in [7, 11) is 0. The van der Waals surface area contributed by atoms with Crippen LogP contribution in [0, 0.1) is 5.82 Å². The van der Waals surface area contributed by atoms with Crippen molar-refractivity contribution < 1.29 is 28.2 Å². The number of hydrogen-bond acceptors (Lipinski definition) is 5. The van der Waals surface area contributed by atoms with Crippen LogP contribution in [0.15, 0.2) is 46.9 Å². The Labute approximate surface area is 163 Å². The van der Waals surface area contributed by atoms with Gasteiger partial charge in [0.05, 0.1) is 0 Å². The van der Waals surface area contributed by atoms with Crippen molar-refractivity contribution >= 4 is 33.9 Å². The average molecular weight is 436 g/mol. The molecule has 6 nitrogen and oxygen atoms in total. The molecule has 3 rings (SSSR count). The zero-order chi connectivity index (χ0) is 19.2. The quantitative estimate of drug-likeness (QED) is 0.557. The maximum Gasteiger partial charge on any atom is 0.331 e. The highest BCUT2D eigenvalue weighted by molar-refractivity contribution is 9.10. The van der Waals surface area contributed by atoms with Gasteiger partial charge in [-0.05, 0) is 42.0 Å². The highest BCUT2D eigenvalue weighted by Gasteiger charge is 2.13. The van der Waals surface area contributed by atoms with Crippen molar-refractivity contribution in [2.45, 2.75) is 6.54 Å². The topological polar surface area (TPSA) is 73.9 Å². The SMILES string of the molecule is O=C(COC(=O)/C=C/c1cc(Br)ccc1F)NCc1ccc2c(c1)OCO2. The van der Waals surface area contributed by atoms with E-state index in [0.717, 1.165) is 11.6 Å². The fourth-order valence-corrected chi connectivity index (χ4v) is 2.67. The van der Waals surface area contributed by atoms with Gasteiger partial charge < -0.3 is 19.5 Å². The molecule has 0 bridgehead atoms. The van der Waals surface area contributed by atoms with E-state index in [1.807, 2.05) is 0 Å². The van der Waals surface area contributed by atoms with Crippen LogP contribution in [0.25, 0.3) is 6.08 Å². The van der Waals surface area contributed by atoms with Crippen LogP contribution in [0.4, 0.5) is 4.39 Å². The molecular formula is C19H15BrFNO5. The average Bonchev–Trinajstić information content (AvgIpc) is 3.13. The molecule has 27 heavy (non-hydrogen) atoms. The number of carbonyl (C=O) groups is 2. The Morgan fingerprint density at radius 2 is 2.00 bits per heavy atom. The van der Waals surface area contributed by atoms with E-state index in [9.17, 15) is 14.0 Å². The van der Waals surface area contributed by atoms with Gasteiger partial charge in [-0.3, -0.25) is 4.79 Å². The maximum absolute atomic E-state index is 13.6. The minimum absolute atomic E-state index is 0.179. The Kier molecular flexibility index (Phi) is 6.08. The third kappa shape index (κ3) is 5.30. The second-order valence-corrected chi connectivity index (χ2v) is 6.49. The van der Waals surface area contributed by atoms with Crippen LogP contribution in [0.5, 0.6) is 11.5 Å². The Bertz CT molecular complexity index is 900. The molecule has 0 radical (unpaired) electrons. The first-order valence-electron chi connectivity index (χ1n) is 7.96. The monoisotopic (exact) mass is 435 g/mol. The summed E-state index contributed by atoms with van der Waals surface area (Å²) in [5.74, 6) is -0.384. The fourth-order valence-electron chi connectivity index (χ4n) is 2.29. The molecule has 1 N–H and O–H groups in total. The Morgan fingerprint density at radius 1 is 1.19 bits per heavy atom. The lowest BCUT2D eigenvalue weighted by molar-refractivity contribution is -0.143. The Balaban J connectivity index is 1.44. The number of ether oxygens (including phenoxy) is 3. The molecule has 0 atom stereocenters. The van der Waals surface area contributed by atoms with Gasteiger partial charge in [-0.1, -0.05) is 22.0 Å². The zero-order valence-corrected chi connectivity index (χ0v) is 15.6. The number of esters is 1. The van der Waals surface area contributed by atoms with Crippen molar-refractivity contribution in [3.05, 3.63) is 63.9 Å². The molecule has 2 aromatic rings. The van der Waals surface area contributed by atoms with E-state index in [0.29, 0.717) is 16.0 Å².